The third-order valence-corrected chi connectivity index (χ3v) is 12.5. The van der Waals surface area contributed by atoms with E-state index in [4.69, 9.17) is 28.9 Å². The average Bonchev–Trinajstić information content (AvgIpc) is 3.33. The number of carbonyl (C=O) groups is 1. The van der Waals surface area contributed by atoms with Gasteiger partial charge in [-0.25, -0.2) is 0 Å². The van der Waals surface area contributed by atoms with Gasteiger partial charge in [-0.05, 0) is 103 Å². The Morgan fingerprint density at radius 2 is 1.57 bits per heavy atom. The highest BCUT2D eigenvalue weighted by Crippen LogP contribution is 2.62. The van der Waals surface area contributed by atoms with Gasteiger partial charge in [-0.3, -0.25) is 25.0 Å². The van der Waals surface area contributed by atoms with Crippen LogP contribution in [0.25, 0.3) is 6.08 Å². The number of amides is 1. The number of fused-ring (bicyclic) bond motifs is 2. The van der Waals surface area contributed by atoms with Gasteiger partial charge in [-0.2, -0.15) is 0 Å². The molecule has 1 aliphatic heterocycles. The van der Waals surface area contributed by atoms with Gasteiger partial charge in [0.15, 0.2) is 0 Å². The number of nitro groups is 2. The SMILES string of the molecule is C=CCOc1ccc2c(c1)C1C(CCCCO)C(CCCCO)C=C3C(=NOCc4ccc([N+](=O)[O-])cc4)CC(N(CCOCCO)C(=O)C=Cc4ccc([N+](=O)[O-])cc4)C(OCC=C)(O2)C31. The number of nitrogens with zero attached hydrogens (tertiary/aromatic N) is 4. The fourth-order valence-electron chi connectivity index (χ4n) is 9.51. The van der Waals surface area contributed by atoms with Crippen LogP contribution in [0.5, 0.6) is 11.5 Å². The quantitative estimate of drug-likeness (QED) is 0.0222. The number of rotatable bonds is 27. The summed E-state index contributed by atoms with van der Waals surface area (Å²) in [5.41, 5.74) is 3.23. The second kappa shape index (κ2) is 24.5. The summed E-state index contributed by atoms with van der Waals surface area (Å²) < 4.78 is 26.2. The molecule has 0 spiro atoms. The first kappa shape index (κ1) is 50.2. The Labute approximate surface area is 389 Å². The van der Waals surface area contributed by atoms with Gasteiger partial charge in [-0.1, -0.05) is 42.8 Å². The van der Waals surface area contributed by atoms with E-state index in [2.05, 4.69) is 19.2 Å². The molecule has 1 heterocycles. The van der Waals surface area contributed by atoms with Crippen molar-refractivity contribution in [1.29, 1.82) is 0 Å². The van der Waals surface area contributed by atoms with Crippen molar-refractivity contribution in [2.75, 3.05) is 52.8 Å². The molecule has 358 valence electrons. The van der Waals surface area contributed by atoms with Crippen LogP contribution in [0.2, 0.25) is 0 Å². The highest BCUT2D eigenvalue weighted by molar-refractivity contribution is 6.03. The standard InChI is InChI=1S/C50H60N4O13/c1-3-27-64-40-20-21-45-43(32-40)48-41(10-6-8-25-56)37(9-5-7-24-55)31-42-44(51-66-34-36-13-18-39(19-14-36)54(61)62)33-46(50(67-45,49(42)48)65-28-4-2)52(23-29-63-30-26-57)47(58)22-15-35-11-16-38(17-12-35)53(59)60/h3-4,11-22,31-32,37,41,46,48-49,55-57H,1-2,5-10,23-30,33-34H2. The molecule has 0 aromatic heterocycles. The monoisotopic (exact) mass is 924 g/mol. The van der Waals surface area contributed by atoms with Crippen LogP contribution in [0.1, 0.15) is 67.6 Å². The van der Waals surface area contributed by atoms with Gasteiger partial charge in [0, 0.05) is 68.0 Å². The number of unbranched alkanes of at least 4 members (excludes halogenated alkanes) is 2. The van der Waals surface area contributed by atoms with Gasteiger partial charge in [0.25, 0.3) is 11.4 Å². The first-order valence-corrected chi connectivity index (χ1v) is 22.7. The normalized spacial score (nSPS) is 22.2. The molecule has 1 saturated carbocycles. The van der Waals surface area contributed by atoms with Crippen LogP contribution in [0.15, 0.2) is 115 Å². The van der Waals surface area contributed by atoms with Crippen molar-refractivity contribution in [1.82, 2.24) is 4.90 Å². The number of aliphatic hydroxyl groups excluding tert-OH is 3. The van der Waals surface area contributed by atoms with E-state index in [1.54, 1.807) is 47.4 Å². The van der Waals surface area contributed by atoms with E-state index < -0.39 is 33.5 Å². The molecule has 1 amide bonds. The lowest BCUT2D eigenvalue weighted by Gasteiger charge is -2.60. The summed E-state index contributed by atoms with van der Waals surface area (Å²) in [4.78, 5) is 44.4. The molecule has 3 aromatic rings. The molecule has 0 saturated heterocycles. The minimum absolute atomic E-state index is 0.0195. The van der Waals surface area contributed by atoms with E-state index in [0.29, 0.717) is 47.6 Å². The Kier molecular flexibility index (Phi) is 18.4. The van der Waals surface area contributed by atoms with Crippen molar-refractivity contribution in [2.45, 2.75) is 69.3 Å². The summed E-state index contributed by atoms with van der Waals surface area (Å²) in [6.07, 6.45) is 12.6. The molecule has 67 heavy (non-hydrogen) atoms. The molecule has 0 bridgehead atoms. The van der Waals surface area contributed by atoms with Crippen molar-refractivity contribution in [2.24, 2.45) is 22.9 Å². The van der Waals surface area contributed by atoms with E-state index in [1.165, 1.54) is 30.3 Å². The Morgan fingerprint density at radius 3 is 2.22 bits per heavy atom. The van der Waals surface area contributed by atoms with Crippen LogP contribution >= 0.6 is 0 Å². The number of oxime groups is 1. The van der Waals surface area contributed by atoms with Crippen LogP contribution in [-0.2, 0) is 25.7 Å². The van der Waals surface area contributed by atoms with Gasteiger partial charge < -0.3 is 44.0 Å². The van der Waals surface area contributed by atoms with Gasteiger partial charge >= 0.3 is 0 Å². The lowest BCUT2D eigenvalue weighted by Crippen LogP contribution is -2.70. The largest absolute Gasteiger partial charge is 0.490 e. The van der Waals surface area contributed by atoms with Crippen molar-refractivity contribution in [3.8, 4) is 11.5 Å². The Bertz CT molecular complexity index is 2260. The van der Waals surface area contributed by atoms with E-state index in [9.17, 15) is 40.3 Å². The lowest BCUT2D eigenvalue weighted by atomic mass is 9.55. The van der Waals surface area contributed by atoms with Crippen molar-refractivity contribution >= 4 is 29.1 Å². The highest BCUT2D eigenvalue weighted by Gasteiger charge is 2.65. The van der Waals surface area contributed by atoms with E-state index in [-0.39, 0.29) is 94.9 Å². The molecule has 3 aliphatic rings. The molecule has 17 nitrogen and oxygen atoms in total. The summed E-state index contributed by atoms with van der Waals surface area (Å²) in [7, 11) is 0. The lowest BCUT2D eigenvalue weighted by molar-refractivity contribution is -0.385. The molecule has 3 aromatic carbocycles. The van der Waals surface area contributed by atoms with E-state index >= 15 is 0 Å². The first-order chi connectivity index (χ1) is 32.6. The maximum absolute atomic E-state index is 14.9. The van der Waals surface area contributed by atoms with Gasteiger partial charge in [0.05, 0.1) is 47.9 Å². The Morgan fingerprint density at radius 1 is 0.881 bits per heavy atom. The summed E-state index contributed by atoms with van der Waals surface area (Å²) in [5.74, 6) is -1.95. The number of carbonyl (C=O) groups excluding carboxylic acids is 1. The number of benzene rings is 3. The minimum atomic E-state index is -1.59. The molecule has 0 radical (unpaired) electrons. The van der Waals surface area contributed by atoms with E-state index in [1.807, 2.05) is 18.2 Å². The Hall–Kier alpha value is -6.24. The highest BCUT2D eigenvalue weighted by atomic mass is 16.7. The molecular formula is C50H60N4O13. The number of hydrogen-bond acceptors (Lipinski definition) is 14. The topological polar surface area (TPSA) is 226 Å². The predicted molar refractivity (Wildman–Crippen MR) is 250 cm³/mol. The summed E-state index contributed by atoms with van der Waals surface area (Å²) in [5, 5.41) is 57.1. The third kappa shape index (κ3) is 12.2. The maximum atomic E-state index is 14.9. The molecule has 3 N–H and O–H groups in total. The van der Waals surface area contributed by atoms with Gasteiger partial charge in [-0.15, -0.1) is 6.58 Å². The average molecular weight is 925 g/mol. The molecule has 1 fully saturated rings. The molecule has 2 aliphatic carbocycles. The molecule has 6 rings (SSSR count). The van der Waals surface area contributed by atoms with Gasteiger partial charge in [0.1, 0.15) is 30.8 Å². The van der Waals surface area contributed by atoms with Crippen LogP contribution in [0, 0.1) is 38.0 Å². The number of non-ortho nitro benzene ring substituents is 2. The summed E-state index contributed by atoms with van der Waals surface area (Å²) in [6, 6.07) is 16.5. The van der Waals surface area contributed by atoms with Gasteiger partial charge in [0.2, 0.25) is 11.7 Å². The smallest absolute Gasteiger partial charge is 0.269 e. The van der Waals surface area contributed by atoms with E-state index in [0.717, 1.165) is 30.4 Å². The third-order valence-electron chi connectivity index (χ3n) is 12.5. The minimum Gasteiger partial charge on any atom is -0.490 e. The summed E-state index contributed by atoms with van der Waals surface area (Å²) in [6.45, 7) is 8.00. The zero-order chi connectivity index (χ0) is 47.8. The fraction of sp³-hybridized carbons (Fsp3) is 0.440. The number of hydrogen-bond donors (Lipinski definition) is 3. The van der Waals surface area contributed by atoms with Crippen LogP contribution in [0.4, 0.5) is 11.4 Å². The van der Waals surface area contributed by atoms with Crippen LogP contribution in [0.3, 0.4) is 0 Å². The van der Waals surface area contributed by atoms with Crippen LogP contribution < -0.4 is 9.47 Å². The first-order valence-electron chi connectivity index (χ1n) is 22.7. The van der Waals surface area contributed by atoms with Crippen molar-refractivity contribution in [3.63, 3.8) is 0 Å². The molecule has 17 heteroatoms. The zero-order valence-electron chi connectivity index (χ0n) is 37.6. The fourth-order valence-corrected chi connectivity index (χ4v) is 9.51. The Balaban J connectivity index is 1.56. The number of allylic oxidation sites excluding steroid dienone is 1. The molecule has 6 unspecified atom stereocenters. The zero-order valence-corrected chi connectivity index (χ0v) is 37.6. The second-order valence-electron chi connectivity index (χ2n) is 16.6. The summed E-state index contributed by atoms with van der Waals surface area (Å²) >= 11 is 0. The molecular weight excluding hydrogens is 865 g/mol. The number of ether oxygens (including phenoxy) is 4. The maximum Gasteiger partial charge on any atom is 0.269 e. The number of nitro benzene ring substituents is 2. The molecule has 6 atom stereocenters. The van der Waals surface area contributed by atoms with Crippen LogP contribution in [-0.4, -0.2) is 106 Å². The predicted octanol–water partition coefficient (Wildman–Crippen LogP) is 7.45. The van der Waals surface area contributed by atoms with Crippen molar-refractivity contribution < 1.29 is 53.7 Å². The number of aliphatic hydroxyl groups is 3. The van der Waals surface area contributed by atoms with Crippen molar-refractivity contribution in [3.05, 3.63) is 147 Å². The second-order valence-corrected chi connectivity index (χ2v) is 16.6.